The van der Waals surface area contributed by atoms with Crippen LogP contribution in [0.4, 0.5) is 0 Å². The van der Waals surface area contributed by atoms with E-state index < -0.39 is 0 Å². The third kappa shape index (κ3) is 4.47. The second-order valence-electron chi connectivity index (χ2n) is 6.27. The minimum Gasteiger partial charge on any atom is -0.394 e. The molecule has 118 valence electrons. The van der Waals surface area contributed by atoms with Gasteiger partial charge in [-0.15, -0.1) is 11.8 Å². The van der Waals surface area contributed by atoms with Crippen molar-refractivity contribution in [3.05, 3.63) is 28.7 Å². The Bertz CT molecular complexity index is 454. The van der Waals surface area contributed by atoms with Crippen LogP contribution in [0.2, 0.25) is 0 Å². The van der Waals surface area contributed by atoms with Gasteiger partial charge in [0.25, 0.3) is 0 Å². The first-order valence-electron chi connectivity index (χ1n) is 7.83. The Morgan fingerprint density at radius 2 is 2.19 bits per heavy atom. The molecule has 0 spiro atoms. The molecular weight excluding hydrogens is 346 g/mol. The largest absolute Gasteiger partial charge is 0.394 e. The predicted molar refractivity (Wildman–Crippen MR) is 94.9 cm³/mol. The Balaban J connectivity index is 1.91. The quantitative estimate of drug-likeness (QED) is 0.693. The van der Waals surface area contributed by atoms with Crippen LogP contribution in [0.15, 0.2) is 33.6 Å². The van der Waals surface area contributed by atoms with Crippen LogP contribution in [-0.2, 0) is 0 Å². The zero-order valence-corrected chi connectivity index (χ0v) is 15.3. The third-order valence-corrected chi connectivity index (χ3v) is 6.44. The van der Waals surface area contributed by atoms with E-state index in [1.165, 1.54) is 22.2 Å². The summed E-state index contributed by atoms with van der Waals surface area (Å²) in [6, 6.07) is 8.81. The van der Waals surface area contributed by atoms with Gasteiger partial charge in [-0.1, -0.05) is 32.4 Å². The van der Waals surface area contributed by atoms with Crippen molar-refractivity contribution >= 4 is 27.7 Å². The van der Waals surface area contributed by atoms with E-state index in [1.807, 2.05) is 11.8 Å². The minimum atomic E-state index is -0.0529. The van der Waals surface area contributed by atoms with Gasteiger partial charge in [-0.3, -0.25) is 0 Å². The molecule has 21 heavy (non-hydrogen) atoms. The summed E-state index contributed by atoms with van der Waals surface area (Å²) in [6.45, 7) is 4.60. The number of rotatable bonds is 7. The van der Waals surface area contributed by atoms with Crippen LogP contribution in [-0.4, -0.2) is 29.0 Å². The van der Waals surface area contributed by atoms with E-state index in [-0.39, 0.29) is 12.1 Å². The van der Waals surface area contributed by atoms with Gasteiger partial charge in [-0.25, -0.2) is 0 Å². The number of thioether (sulfide) groups is 1. The molecule has 1 aliphatic rings. The molecule has 4 heteroatoms. The van der Waals surface area contributed by atoms with Gasteiger partial charge in [0.05, 0.1) is 6.61 Å². The highest BCUT2D eigenvalue weighted by atomic mass is 79.9. The molecule has 1 aromatic carbocycles. The van der Waals surface area contributed by atoms with Crippen LogP contribution >= 0.6 is 27.7 Å². The maximum Gasteiger partial charge on any atom is 0.0616 e. The molecule has 1 saturated carbocycles. The van der Waals surface area contributed by atoms with Crippen molar-refractivity contribution in [3.8, 4) is 0 Å². The number of hydrogen-bond acceptors (Lipinski definition) is 3. The smallest absolute Gasteiger partial charge is 0.0616 e. The molecule has 0 bridgehead atoms. The zero-order valence-electron chi connectivity index (χ0n) is 12.9. The highest BCUT2D eigenvalue weighted by Crippen LogP contribution is 2.39. The van der Waals surface area contributed by atoms with Crippen molar-refractivity contribution < 1.29 is 5.11 Å². The van der Waals surface area contributed by atoms with E-state index in [4.69, 9.17) is 0 Å². The fraction of sp³-hybridized carbons (Fsp3) is 0.647. The van der Waals surface area contributed by atoms with Crippen LogP contribution in [0.3, 0.4) is 0 Å². The molecule has 1 fully saturated rings. The lowest BCUT2D eigenvalue weighted by molar-refractivity contribution is 0.113. The van der Waals surface area contributed by atoms with Gasteiger partial charge in [-0.2, -0.15) is 0 Å². The summed E-state index contributed by atoms with van der Waals surface area (Å²) in [4.78, 5) is 1.31. The Kier molecular flexibility index (Phi) is 6.60. The van der Waals surface area contributed by atoms with Crippen LogP contribution < -0.4 is 5.32 Å². The molecule has 2 unspecified atom stereocenters. The summed E-state index contributed by atoms with van der Waals surface area (Å²) in [7, 11) is 0. The number of halogens is 1. The second-order valence-corrected chi connectivity index (χ2v) is 8.26. The molecule has 1 aliphatic carbocycles. The molecular formula is C17H26BrNOS. The molecule has 0 aromatic heterocycles. The average molecular weight is 372 g/mol. The lowest BCUT2D eigenvalue weighted by Gasteiger charge is -2.37. The minimum absolute atomic E-state index is 0.0529. The van der Waals surface area contributed by atoms with Gasteiger partial charge in [0, 0.05) is 20.9 Å². The van der Waals surface area contributed by atoms with Gasteiger partial charge < -0.3 is 10.4 Å². The first kappa shape index (κ1) is 17.3. The number of hydrogen-bond donors (Lipinski definition) is 2. The standard InChI is InChI=1S/C17H26BrNOS/c1-13(2)19-17(12-20)10-5-6-14(17)9-11-21-16-8-4-3-7-15(16)18/h3-4,7-8,13-14,19-20H,5-6,9-12H2,1-2H3. The maximum atomic E-state index is 9.92. The summed E-state index contributed by atoms with van der Waals surface area (Å²) in [5.74, 6) is 1.69. The lowest BCUT2D eigenvalue weighted by atomic mass is 9.85. The molecule has 2 rings (SSSR count). The normalized spacial score (nSPS) is 25.7. The van der Waals surface area contributed by atoms with Gasteiger partial charge in [0.15, 0.2) is 0 Å². The van der Waals surface area contributed by atoms with Crippen molar-refractivity contribution in [2.24, 2.45) is 5.92 Å². The van der Waals surface area contributed by atoms with Gasteiger partial charge >= 0.3 is 0 Å². The molecule has 0 radical (unpaired) electrons. The Morgan fingerprint density at radius 3 is 2.86 bits per heavy atom. The first-order valence-corrected chi connectivity index (χ1v) is 9.61. The lowest BCUT2D eigenvalue weighted by Crippen LogP contribution is -2.54. The highest BCUT2D eigenvalue weighted by molar-refractivity contribution is 9.10. The molecule has 1 aromatic rings. The highest BCUT2D eigenvalue weighted by Gasteiger charge is 2.41. The Labute approximate surface area is 141 Å². The average Bonchev–Trinajstić information content (AvgIpc) is 2.84. The van der Waals surface area contributed by atoms with E-state index >= 15 is 0 Å². The fourth-order valence-corrected chi connectivity index (χ4v) is 5.09. The molecule has 0 heterocycles. The van der Waals surface area contributed by atoms with E-state index in [9.17, 15) is 5.11 Å². The first-order chi connectivity index (χ1) is 10.1. The summed E-state index contributed by atoms with van der Waals surface area (Å²) in [5, 5.41) is 13.6. The van der Waals surface area contributed by atoms with Crippen LogP contribution in [0.25, 0.3) is 0 Å². The van der Waals surface area contributed by atoms with Crippen molar-refractivity contribution in [2.45, 2.75) is 56.0 Å². The van der Waals surface area contributed by atoms with Crippen molar-refractivity contribution in [1.82, 2.24) is 5.32 Å². The monoisotopic (exact) mass is 371 g/mol. The van der Waals surface area contributed by atoms with E-state index in [0.29, 0.717) is 12.0 Å². The van der Waals surface area contributed by atoms with E-state index in [1.54, 1.807) is 0 Å². The topological polar surface area (TPSA) is 32.3 Å². The van der Waals surface area contributed by atoms with Gasteiger partial charge in [-0.05, 0) is 59.0 Å². The molecule has 0 saturated heterocycles. The summed E-state index contributed by atoms with van der Waals surface area (Å²) < 4.78 is 1.18. The SMILES string of the molecule is CC(C)NC1(CO)CCCC1CCSc1ccccc1Br. The molecule has 0 aliphatic heterocycles. The van der Waals surface area contributed by atoms with Gasteiger partial charge in [0.1, 0.15) is 0 Å². The summed E-state index contributed by atoms with van der Waals surface area (Å²) >= 11 is 5.51. The Morgan fingerprint density at radius 1 is 1.43 bits per heavy atom. The maximum absolute atomic E-state index is 9.92. The number of aliphatic hydroxyl groups excluding tert-OH is 1. The summed E-state index contributed by atoms with van der Waals surface area (Å²) in [6.07, 6.45) is 4.72. The number of aliphatic hydroxyl groups is 1. The van der Waals surface area contributed by atoms with Crippen molar-refractivity contribution in [1.29, 1.82) is 0 Å². The molecule has 2 atom stereocenters. The second kappa shape index (κ2) is 8.00. The number of nitrogens with one attached hydrogen (secondary N) is 1. The van der Waals surface area contributed by atoms with Gasteiger partial charge in [0.2, 0.25) is 0 Å². The molecule has 2 N–H and O–H groups in total. The van der Waals surface area contributed by atoms with Crippen LogP contribution in [0, 0.1) is 5.92 Å². The molecule has 0 amide bonds. The zero-order chi connectivity index (χ0) is 15.3. The third-order valence-electron chi connectivity index (χ3n) is 4.38. The summed E-state index contributed by atoms with van der Waals surface area (Å²) in [5.41, 5.74) is -0.0529. The van der Waals surface area contributed by atoms with E-state index in [0.717, 1.165) is 18.6 Å². The van der Waals surface area contributed by atoms with Crippen molar-refractivity contribution in [3.63, 3.8) is 0 Å². The molecule has 2 nitrogen and oxygen atoms in total. The van der Waals surface area contributed by atoms with Crippen molar-refractivity contribution in [2.75, 3.05) is 12.4 Å². The van der Waals surface area contributed by atoms with Crippen LogP contribution in [0.1, 0.15) is 39.5 Å². The number of benzene rings is 1. The Hall–Kier alpha value is -0.0300. The van der Waals surface area contributed by atoms with Crippen LogP contribution in [0.5, 0.6) is 0 Å². The fourth-order valence-electron chi connectivity index (χ4n) is 3.46. The van der Waals surface area contributed by atoms with E-state index in [2.05, 4.69) is 59.4 Å². The predicted octanol–water partition coefficient (Wildman–Crippen LogP) is 4.46.